The zero-order valence-electron chi connectivity index (χ0n) is 16.5. The number of methoxy groups -OCH3 is 1. The Morgan fingerprint density at radius 3 is 2.55 bits per heavy atom. The van der Waals surface area contributed by atoms with Crippen molar-refractivity contribution < 1.29 is 24.4 Å². The molecular weight excluding hydrogens is 378 g/mol. The molecule has 1 heterocycles. The van der Waals surface area contributed by atoms with Crippen LogP contribution in [0, 0.1) is 10.1 Å². The predicted molar refractivity (Wildman–Crippen MR) is 107 cm³/mol. The molecule has 1 aromatic rings. The summed E-state index contributed by atoms with van der Waals surface area (Å²) in [5.41, 5.74) is 1.73. The van der Waals surface area contributed by atoms with Crippen LogP contribution in [0.1, 0.15) is 44.1 Å². The topological polar surface area (TPSA) is 131 Å². The number of rotatable bonds is 11. The van der Waals surface area contributed by atoms with E-state index >= 15 is 0 Å². The Hall–Kier alpha value is -3.07. The van der Waals surface area contributed by atoms with Crippen molar-refractivity contribution in [3.05, 3.63) is 51.2 Å². The highest BCUT2D eigenvalue weighted by atomic mass is 16.6. The number of benzene rings is 1. The molecule has 2 atom stereocenters. The van der Waals surface area contributed by atoms with Crippen LogP contribution in [0.2, 0.25) is 0 Å². The second-order valence-corrected chi connectivity index (χ2v) is 6.66. The number of nitro groups is 1. The maximum atomic E-state index is 12.2. The number of hydrogen-bond acceptors (Lipinski definition) is 6. The molecule has 29 heavy (non-hydrogen) atoms. The van der Waals surface area contributed by atoms with Crippen LogP contribution < -0.4 is 5.32 Å². The molecular formula is C20H25N3O6. The summed E-state index contributed by atoms with van der Waals surface area (Å²) >= 11 is 0. The molecule has 1 aliphatic heterocycles. The quantitative estimate of drug-likeness (QED) is 0.253. The third kappa shape index (κ3) is 5.26. The molecule has 0 fully saturated rings. The van der Waals surface area contributed by atoms with Crippen molar-refractivity contribution in [1.29, 1.82) is 0 Å². The number of carbonyl (C=O) groups is 2. The number of unbranched alkanes of at least 4 members (excludes halogenated alkanes) is 1. The van der Waals surface area contributed by atoms with E-state index in [4.69, 9.17) is 4.74 Å². The van der Waals surface area contributed by atoms with Gasteiger partial charge in [0.25, 0.3) is 5.69 Å². The van der Waals surface area contributed by atoms with Gasteiger partial charge in [-0.3, -0.25) is 19.9 Å². The lowest BCUT2D eigenvalue weighted by Crippen LogP contribution is -2.45. The third-order valence-corrected chi connectivity index (χ3v) is 4.91. The van der Waals surface area contributed by atoms with E-state index in [0.29, 0.717) is 49.3 Å². The van der Waals surface area contributed by atoms with Crippen LogP contribution in [0.25, 0.3) is 0 Å². The SMILES string of the molecule is CCC1=NC(CCCCOC)=C(C(=O)O)C(c2ccc([N+](=O)[O-])cc2)C1NC=O. The minimum absolute atomic E-state index is 0.0884. The minimum atomic E-state index is -1.12. The summed E-state index contributed by atoms with van der Waals surface area (Å²) in [7, 11) is 1.61. The Kier molecular flexibility index (Phi) is 8.02. The Labute approximate surface area is 168 Å². The molecule has 0 saturated carbocycles. The molecule has 9 nitrogen and oxygen atoms in total. The van der Waals surface area contributed by atoms with Gasteiger partial charge in [0, 0.05) is 37.5 Å². The van der Waals surface area contributed by atoms with E-state index in [-0.39, 0.29) is 11.3 Å². The molecule has 9 heteroatoms. The molecule has 2 N–H and O–H groups in total. The molecule has 2 unspecified atom stereocenters. The van der Waals surface area contributed by atoms with Crippen molar-refractivity contribution in [3.63, 3.8) is 0 Å². The van der Waals surface area contributed by atoms with Crippen LogP contribution >= 0.6 is 0 Å². The second-order valence-electron chi connectivity index (χ2n) is 6.66. The number of amides is 1. The van der Waals surface area contributed by atoms with Gasteiger partial charge in [0.1, 0.15) is 0 Å². The van der Waals surface area contributed by atoms with Gasteiger partial charge in [-0.1, -0.05) is 19.1 Å². The van der Waals surface area contributed by atoms with E-state index < -0.39 is 22.9 Å². The van der Waals surface area contributed by atoms with Crippen molar-refractivity contribution in [2.45, 2.75) is 44.6 Å². The van der Waals surface area contributed by atoms with Crippen LogP contribution in [-0.2, 0) is 14.3 Å². The lowest BCUT2D eigenvalue weighted by molar-refractivity contribution is -0.384. The normalized spacial score (nSPS) is 18.9. The first kappa shape index (κ1) is 22.2. The van der Waals surface area contributed by atoms with Crippen molar-refractivity contribution in [3.8, 4) is 0 Å². The molecule has 156 valence electrons. The molecule has 0 spiro atoms. The number of carbonyl (C=O) groups excluding carboxylic acids is 1. The zero-order chi connectivity index (χ0) is 21.4. The van der Waals surface area contributed by atoms with E-state index in [0.717, 1.165) is 6.42 Å². The second kappa shape index (κ2) is 10.5. The standard InChI is InChI=1S/C20H25N3O6/c1-3-15-19(21-12-24)17(13-7-9-14(10-8-13)23(27)28)18(20(25)26)16(22-15)6-4-5-11-29-2/h7-10,12,17,19H,3-6,11H2,1-2H3,(H,21,24)(H,25,26). The summed E-state index contributed by atoms with van der Waals surface area (Å²) in [5, 5.41) is 23.6. The van der Waals surface area contributed by atoms with Gasteiger partial charge in [0.05, 0.1) is 22.2 Å². The Morgan fingerprint density at radius 1 is 1.34 bits per heavy atom. The summed E-state index contributed by atoms with van der Waals surface area (Å²) in [6, 6.07) is 5.11. The molecule has 0 aromatic heterocycles. The van der Waals surface area contributed by atoms with Gasteiger partial charge >= 0.3 is 5.97 Å². The number of aliphatic imine (C=N–C) groups is 1. The first-order chi connectivity index (χ1) is 13.9. The number of hydrogen-bond donors (Lipinski definition) is 2. The summed E-state index contributed by atoms with van der Waals surface area (Å²) in [6.45, 7) is 2.46. The van der Waals surface area contributed by atoms with Gasteiger partial charge in [-0.05, 0) is 31.2 Å². The van der Waals surface area contributed by atoms with Crippen LogP contribution in [0.3, 0.4) is 0 Å². The highest BCUT2D eigenvalue weighted by Gasteiger charge is 2.38. The number of aliphatic carboxylic acids is 1. The summed E-state index contributed by atoms with van der Waals surface area (Å²) in [4.78, 5) is 38.4. The number of ether oxygens (including phenoxy) is 1. The molecule has 1 amide bonds. The molecule has 0 aliphatic carbocycles. The predicted octanol–water partition coefficient (Wildman–Crippen LogP) is 2.81. The number of nitrogens with zero attached hydrogens (tertiary/aromatic N) is 2. The van der Waals surface area contributed by atoms with E-state index in [1.54, 1.807) is 7.11 Å². The highest BCUT2D eigenvalue weighted by molar-refractivity contribution is 6.00. The fourth-order valence-corrected chi connectivity index (χ4v) is 3.55. The number of nitrogens with one attached hydrogen (secondary N) is 1. The van der Waals surface area contributed by atoms with E-state index in [2.05, 4.69) is 10.3 Å². The van der Waals surface area contributed by atoms with Crippen LogP contribution in [0.5, 0.6) is 0 Å². The first-order valence-corrected chi connectivity index (χ1v) is 9.41. The van der Waals surface area contributed by atoms with Gasteiger partial charge in [-0.2, -0.15) is 0 Å². The van der Waals surface area contributed by atoms with Crippen molar-refractivity contribution in [1.82, 2.24) is 5.32 Å². The van der Waals surface area contributed by atoms with Crippen molar-refractivity contribution >= 4 is 23.8 Å². The largest absolute Gasteiger partial charge is 0.478 e. The van der Waals surface area contributed by atoms with Crippen LogP contribution in [0.4, 0.5) is 5.69 Å². The maximum Gasteiger partial charge on any atom is 0.334 e. The van der Waals surface area contributed by atoms with E-state index in [1.165, 1.54) is 24.3 Å². The number of non-ortho nitro benzene ring substituents is 1. The van der Waals surface area contributed by atoms with Crippen LogP contribution in [-0.4, -0.2) is 47.9 Å². The van der Waals surface area contributed by atoms with Gasteiger partial charge in [0.2, 0.25) is 6.41 Å². The molecule has 0 radical (unpaired) electrons. The number of nitro benzene ring substituents is 1. The Bertz CT molecular complexity index is 816. The molecule has 1 aliphatic rings. The lowest BCUT2D eigenvalue weighted by atomic mass is 9.78. The highest BCUT2D eigenvalue weighted by Crippen LogP contribution is 2.37. The van der Waals surface area contributed by atoms with Gasteiger partial charge in [-0.15, -0.1) is 0 Å². The fraction of sp³-hybridized carbons (Fsp3) is 0.450. The lowest BCUT2D eigenvalue weighted by Gasteiger charge is -2.33. The molecule has 0 saturated heterocycles. The zero-order valence-corrected chi connectivity index (χ0v) is 16.5. The Balaban J connectivity index is 2.53. The average molecular weight is 403 g/mol. The maximum absolute atomic E-state index is 12.2. The van der Waals surface area contributed by atoms with E-state index in [9.17, 15) is 24.8 Å². The number of carboxylic acids is 1. The minimum Gasteiger partial charge on any atom is -0.478 e. The van der Waals surface area contributed by atoms with E-state index in [1.807, 2.05) is 6.92 Å². The van der Waals surface area contributed by atoms with Crippen molar-refractivity contribution in [2.75, 3.05) is 13.7 Å². The number of carboxylic acid groups (broad SMARTS) is 1. The van der Waals surface area contributed by atoms with Crippen LogP contribution in [0.15, 0.2) is 40.5 Å². The smallest absolute Gasteiger partial charge is 0.334 e. The Morgan fingerprint density at radius 2 is 2.03 bits per heavy atom. The van der Waals surface area contributed by atoms with Gasteiger partial charge < -0.3 is 15.2 Å². The number of allylic oxidation sites excluding steroid dienone is 1. The molecule has 1 aromatic carbocycles. The van der Waals surface area contributed by atoms with Gasteiger partial charge in [-0.25, -0.2) is 4.79 Å². The third-order valence-electron chi connectivity index (χ3n) is 4.91. The fourth-order valence-electron chi connectivity index (χ4n) is 3.55. The average Bonchev–Trinajstić information content (AvgIpc) is 2.71. The summed E-state index contributed by atoms with van der Waals surface area (Å²) < 4.78 is 5.05. The first-order valence-electron chi connectivity index (χ1n) is 9.41. The summed E-state index contributed by atoms with van der Waals surface area (Å²) in [5.74, 6) is -1.81. The van der Waals surface area contributed by atoms with Gasteiger partial charge in [0.15, 0.2) is 0 Å². The van der Waals surface area contributed by atoms with Crippen molar-refractivity contribution in [2.24, 2.45) is 4.99 Å². The molecule has 0 bridgehead atoms. The molecule has 2 rings (SSSR count). The summed E-state index contributed by atoms with van der Waals surface area (Å²) in [6.07, 6.45) is 2.99. The monoisotopic (exact) mass is 403 g/mol.